The minimum Gasteiger partial charge on any atom is -0.495 e. The van der Waals surface area contributed by atoms with E-state index in [1.54, 1.807) is 7.11 Å². The molecule has 0 atom stereocenters. The molecule has 0 radical (unpaired) electrons. The molecule has 0 aliphatic heterocycles. The van der Waals surface area contributed by atoms with E-state index in [-0.39, 0.29) is 19.0 Å². The van der Waals surface area contributed by atoms with E-state index in [1.165, 1.54) is 0 Å². The average molecular weight is 218 g/mol. The number of carbonyl (C=O) groups is 1. The van der Waals surface area contributed by atoms with Gasteiger partial charge in [-0.25, -0.2) is 0 Å². The summed E-state index contributed by atoms with van der Waals surface area (Å²) in [7, 11) is 1.59. The Balaban J connectivity index is 2.59. The molecule has 0 aromatic heterocycles. The van der Waals surface area contributed by atoms with Crippen molar-refractivity contribution >= 4 is 5.91 Å². The van der Waals surface area contributed by atoms with E-state index in [0.717, 1.165) is 11.3 Å². The number of methoxy groups -OCH3 is 1. The molecule has 0 saturated carbocycles. The van der Waals surface area contributed by atoms with Gasteiger partial charge in [-0.2, -0.15) is 0 Å². The largest absolute Gasteiger partial charge is 0.495 e. The Morgan fingerprint density at radius 2 is 2.25 bits per heavy atom. The highest BCUT2D eigenvalue weighted by atomic mass is 16.5. The zero-order valence-electron chi connectivity index (χ0n) is 9.12. The SMILES string of the molecule is COc1ccccc1C#CCNC(=O)CN. The Labute approximate surface area is 94.8 Å². The van der Waals surface area contributed by atoms with Gasteiger partial charge in [0.05, 0.1) is 25.8 Å². The lowest BCUT2D eigenvalue weighted by Crippen LogP contribution is -2.30. The first-order chi connectivity index (χ1) is 7.77. The van der Waals surface area contributed by atoms with Crippen LogP contribution in [0.2, 0.25) is 0 Å². The Morgan fingerprint density at radius 1 is 1.50 bits per heavy atom. The summed E-state index contributed by atoms with van der Waals surface area (Å²) >= 11 is 0. The van der Waals surface area contributed by atoms with Crippen molar-refractivity contribution in [3.63, 3.8) is 0 Å². The molecule has 3 N–H and O–H groups in total. The normalized spacial score (nSPS) is 8.88. The number of hydrogen-bond donors (Lipinski definition) is 2. The van der Waals surface area contributed by atoms with E-state index < -0.39 is 0 Å². The zero-order chi connectivity index (χ0) is 11.8. The molecule has 0 unspecified atom stereocenters. The number of carbonyl (C=O) groups excluding carboxylic acids is 1. The topological polar surface area (TPSA) is 64.3 Å². The molecule has 4 heteroatoms. The Morgan fingerprint density at radius 3 is 2.94 bits per heavy atom. The van der Waals surface area contributed by atoms with Gasteiger partial charge in [0.25, 0.3) is 0 Å². The van der Waals surface area contributed by atoms with Crippen molar-refractivity contribution in [2.24, 2.45) is 5.73 Å². The highest BCUT2D eigenvalue weighted by molar-refractivity contribution is 5.77. The highest BCUT2D eigenvalue weighted by Crippen LogP contribution is 2.15. The fraction of sp³-hybridized carbons (Fsp3) is 0.250. The molecule has 1 aromatic carbocycles. The number of rotatable bonds is 3. The molecule has 0 spiro atoms. The van der Waals surface area contributed by atoms with Crippen LogP contribution in [0.25, 0.3) is 0 Å². The van der Waals surface area contributed by atoms with Gasteiger partial charge in [0, 0.05) is 0 Å². The third-order valence-electron chi connectivity index (χ3n) is 1.89. The third kappa shape index (κ3) is 3.64. The second-order valence-corrected chi connectivity index (χ2v) is 2.98. The lowest BCUT2D eigenvalue weighted by Gasteiger charge is -2.01. The predicted octanol–water partition coefficient (Wildman–Crippen LogP) is 0.122. The molecule has 1 aromatic rings. The first kappa shape index (κ1) is 12.1. The van der Waals surface area contributed by atoms with Crippen molar-refractivity contribution in [1.82, 2.24) is 5.32 Å². The van der Waals surface area contributed by atoms with Crippen molar-refractivity contribution in [3.05, 3.63) is 29.8 Å². The summed E-state index contributed by atoms with van der Waals surface area (Å²) in [4.78, 5) is 10.8. The molecule has 0 bridgehead atoms. The summed E-state index contributed by atoms with van der Waals surface area (Å²) in [5.74, 6) is 6.25. The lowest BCUT2D eigenvalue weighted by atomic mass is 10.2. The maximum atomic E-state index is 10.8. The van der Waals surface area contributed by atoms with Crippen LogP contribution in [0.15, 0.2) is 24.3 Å². The zero-order valence-corrected chi connectivity index (χ0v) is 9.12. The summed E-state index contributed by atoms with van der Waals surface area (Å²) in [5, 5.41) is 2.56. The smallest absolute Gasteiger partial charge is 0.234 e. The predicted molar refractivity (Wildman–Crippen MR) is 61.9 cm³/mol. The second-order valence-electron chi connectivity index (χ2n) is 2.98. The first-order valence-corrected chi connectivity index (χ1v) is 4.86. The van der Waals surface area contributed by atoms with Gasteiger partial charge in [-0.3, -0.25) is 4.79 Å². The van der Waals surface area contributed by atoms with Crippen LogP contribution in [-0.4, -0.2) is 26.1 Å². The molecular weight excluding hydrogens is 204 g/mol. The van der Waals surface area contributed by atoms with Crippen LogP contribution in [0, 0.1) is 11.8 Å². The molecule has 0 heterocycles. The Bertz CT molecular complexity index is 419. The van der Waals surface area contributed by atoms with Crippen LogP contribution in [0.1, 0.15) is 5.56 Å². The lowest BCUT2D eigenvalue weighted by molar-refractivity contribution is -0.119. The van der Waals surface area contributed by atoms with Crippen LogP contribution in [-0.2, 0) is 4.79 Å². The van der Waals surface area contributed by atoms with Gasteiger partial charge >= 0.3 is 0 Å². The van der Waals surface area contributed by atoms with Gasteiger partial charge in [0.15, 0.2) is 0 Å². The molecule has 1 rings (SSSR count). The van der Waals surface area contributed by atoms with E-state index in [2.05, 4.69) is 17.2 Å². The van der Waals surface area contributed by atoms with Crippen LogP contribution >= 0.6 is 0 Å². The summed E-state index contributed by atoms with van der Waals surface area (Å²) in [6.07, 6.45) is 0. The van der Waals surface area contributed by atoms with E-state index >= 15 is 0 Å². The monoisotopic (exact) mass is 218 g/mol. The molecule has 1 amide bonds. The molecule has 0 saturated heterocycles. The number of ether oxygens (including phenoxy) is 1. The fourth-order valence-corrected chi connectivity index (χ4v) is 1.10. The number of hydrogen-bond acceptors (Lipinski definition) is 3. The van der Waals surface area contributed by atoms with Gasteiger partial charge in [0.1, 0.15) is 5.75 Å². The number of para-hydroxylation sites is 1. The number of nitrogens with two attached hydrogens (primary N) is 1. The van der Waals surface area contributed by atoms with Gasteiger partial charge in [0.2, 0.25) is 5.91 Å². The van der Waals surface area contributed by atoms with E-state index in [4.69, 9.17) is 10.5 Å². The number of benzene rings is 1. The van der Waals surface area contributed by atoms with Gasteiger partial charge in [-0.1, -0.05) is 24.0 Å². The molecule has 16 heavy (non-hydrogen) atoms. The van der Waals surface area contributed by atoms with Crippen LogP contribution in [0.4, 0.5) is 0 Å². The molecule has 0 fully saturated rings. The molecule has 4 nitrogen and oxygen atoms in total. The standard InChI is InChI=1S/C12H14N2O2/c1-16-11-7-3-2-5-10(11)6-4-8-14-12(15)9-13/h2-3,5,7H,8-9,13H2,1H3,(H,14,15). The highest BCUT2D eigenvalue weighted by Gasteiger charge is 1.96. The summed E-state index contributed by atoms with van der Waals surface area (Å²) in [6.45, 7) is 0.268. The van der Waals surface area contributed by atoms with E-state index in [9.17, 15) is 4.79 Å². The van der Waals surface area contributed by atoms with Crippen molar-refractivity contribution in [2.45, 2.75) is 0 Å². The quantitative estimate of drug-likeness (QED) is 0.708. The van der Waals surface area contributed by atoms with Crippen LogP contribution < -0.4 is 15.8 Å². The van der Waals surface area contributed by atoms with Crippen molar-refractivity contribution in [3.8, 4) is 17.6 Å². The van der Waals surface area contributed by atoms with E-state index in [1.807, 2.05) is 24.3 Å². The second kappa shape index (κ2) is 6.49. The maximum absolute atomic E-state index is 10.8. The van der Waals surface area contributed by atoms with Crippen molar-refractivity contribution in [1.29, 1.82) is 0 Å². The molecule has 0 aliphatic carbocycles. The van der Waals surface area contributed by atoms with Crippen LogP contribution in [0.5, 0.6) is 5.75 Å². The first-order valence-electron chi connectivity index (χ1n) is 4.86. The van der Waals surface area contributed by atoms with Gasteiger partial charge in [-0.05, 0) is 12.1 Å². The van der Waals surface area contributed by atoms with E-state index in [0.29, 0.717) is 0 Å². The summed E-state index contributed by atoms with van der Waals surface area (Å²) < 4.78 is 5.13. The summed E-state index contributed by atoms with van der Waals surface area (Å²) in [6, 6.07) is 7.45. The van der Waals surface area contributed by atoms with Crippen molar-refractivity contribution in [2.75, 3.05) is 20.2 Å². The average Bonchev–Trinajstić information content (AvgIpc) is 2.34. The van der Waals surface area contributed by atoms with Crippen molar-refractivity contribution < 1.29 is 9.53 Å². The fourth-order valence-electron chi connectivity index (χ4n) is 1.10. The minimum absolute atomic E-state index is 0.0175. The molecule has 0 aliphatic rings. The maximum Gasteiger partial charge on any atom is 0.234 e. The summed E-state index contributed by atoms with van der Waals surface area (Å²) in [5.41, 5.74) is 5.93. The Hall–Kier alpha value is -1.99. The molecular formula is C12H14N2O2. The van der Waals surface area contributed by atoms with Crippen LogP contribution in [0.3, 0.4) is 0 Å². The minimum atomic E-state index is -0.214. The number of amides is 1. The third-order valence-corrected chi connectivity index (χ3v) is 1.89. The Kier molecular flexibility index (Phi) is 4.90. The van der Waals surface area contributed by atoms with Gasteiger partial charge < -0.3 is 15.8 Å². The molecule has 84 valence electrons. The van der Waals surface area contributed by atoms with Gasteiger partial charge in [-0.15, -0.1) is 0 Å². The number of nitrogens with one attached hydrogen (secondary N) is 1.